The maximum absolute atomic E-state index is 14.5. The third-order valence-electron chi connectivity index (χ3n) is 5.26. The first-order valence-corrected chi connectivity index (χ1v) is 10.2. The van der Waals surface area contributed by atoms with Gasteiger partial charge in [0, 0.05) is 17.8 Å². The second-order valence-corrected chi connectivity index (χ2v) is 7.56. The predicted octanol–water partition coefficient (Wildman–Crippen LogP) is 3.04. The van der Waals surface area contributed by atoms with Gasteiger partial charge in [-0.3, -0.25) is 9.78 Å². The number of ether oxygens (including phenoxy) is 1. The van der Waals surface area contributed by atoms with Crippen molar-refractivity contribution in [2.24, 2.45) is 0 Å². The topological polar surface area (TPSA) is 131 Å². The summed E-state index contributed by atoms with van der Waals surface area (Å²) in [6, 6.07) is 5.19. The van der Waals surface area contributed by atoms with Crippen LogP contribution in [0.3, 0.4) is 0 Å². The van der Waals surface area contributed by atoms with Crippen LogP contribution in [0.2, 0.25) is 0 Å². The van der Waals surface area contributed by atoms with Crippen molar-refractivity contribution < 1.29 is 32.9 Å². The van der Waals surface area contributed by atoms with Crippen molar-refractivity contribution in [1.82, 2.24) is 9.97 Å². The molecule has 2 aromatic heterocycles. The highest BCUT2D eigenvalue weighted by Crippen LogP contribution is 2.32. The van der Waals surface area contributed by atoms with E-state index in [9.17, 15) is 28.2 Å². The van der Waals surface area contributed by atoms with Crippen LogP contribution in [-0.2, 0) is 4.74 Å². The van der Waals surface area contributed by atoms with E-state index in [1.54, 1.807) is 0 Å². The largest absolute Gasteiger partial charge is 0.483 e. The van der Waals surface area contributed by atoms with Crippen LogP contribution in [0.5, 0.6) is 0 Å². The molecule has 3 heterocycles. The number of benzene rings is 1. The zero-order valence-corrected chi connectivity index (χ0v) is 18.0. The molecule has 0 saturated carbocycles. The summed E-state index contributed by atoms with van der Waals surface area (Å²) in [5, 5.41) is 22.6. The van der Waals surface area contributed by atoms with Gasteiger partial charge >= 0.3 is 0 Å². The lowest BCUT2D eigenvalue weighted by Gasteiger charge is -2.30. The molecule has 0 radical (unpaired) electrons. The summed E-state index contributed by atoms with van der Waals surface area (Å²) >= 11 is 0. The van der Waals surface area contributed by atoms with Gasteiger partial charge in [-0.1, -0.05) is 12.6 Å². The Balaban J connectivity index is 1.71. The van der Waals surface area contributed by atoms with Gasteiger partial charge in [0.1, 0.15) is 41.4 Å². The van der Waals surface area contributed by atoms with E-state index in [2.05, 4.69) is 21.9 Å². The number of carbonyl (C=O) groups excluding carboxylic acids is 1. The molecule has 5 N–H and O–H groups in total. The van der Waals surface area contributed by atoms with Gasteiger partial charge in [0.05, 0.1) is 23.1 Å². The molecule has 0 aliphatic carbocycles. The second kappa shape index (κ2) is 9.57. The highest BCUT2D eigenvalue weighted by atomic mass is 19.1. The zero-order chi connectivity index (χ0) is 25.3. The number of aromatic nitrogens is 2. The number of pyridine rings is 2. The van der Waals surface area contributed by atoms with Crippen molar-refractivity contribution in [2.75, 3.05) is 11.1 Å². The van der Waals surface area contributed by atoms with Crippen LogP contribution in [0.4, 0.5) is 24.5 Å². The molecule has 0 fully saturated rings. The second-order valence-electron chi connectivity index (χ2n) is 7.56. The van der Waals surface area contributed by atoms with Gasteiger partial charge in [-0.25, -0.2) is 18.2 Å². The van der Waals surface area contributed by atoms with Crippen LogP contribution in [-0.4, -0.2) is 44.4 Å². The standard InChI is InChI=1S/C24H19F3N4O4/c1-2-18-23(33)17(32)9-19(35-18)11-6-7-29-10-16(11)30-24(34)22-15(28)8-14(27)21(31-22)20-12(25)4-3-5-13(20)26/h2-10,17-18,23,32-33H,1,28H2,(H,30,34)/t17-,18-,23+/m1/s1. The van der Waals surface area contributed by atoms with Crippen LogP contribution < -0.4 is 11.1 Å². The van der Waals surface area contributed by atoms with Gasteiger partial charge in [0.2, 0.25) is 0 Å². The smallest absolute Gasteiger partial charge is 0.276 e. The number of aliphatic hydroxyl groups excluding tert-OH is 2. The van der Waals surface area contributed by atoms with E-state index in [4.69, 9.17) is 10.5 Å². The first-order valence-electron chi connectivity index (χ1n) is 10.2. The minimum atomic E-state index is -1.27. The molecule has 1 amide bonds. The number of nitrogens with two attached hydrogens (primary N) is 1. The predicted molar refractivity (Wildman–Crippen MR) is 121 cm³/mol. The molecule has 0 bridgehead atoms. The lowest BCUT2D eigenvalue weighted by molar-refractivity contribution is -0.0339. The number of hydrogen-bond donors (Lipinski definition) is 4. The Bertz CT molecular complexity index is 1330. The van der Waals surface area contributed by atoms with Crippen LogP contribution in [0.15, 0.2) is 61.5 Å². The first-order chi connectivity index (χ1) is 16.7. The Kier molecular flexibility index (Phi) is 6.54. The van der Waals surface area contributed by atoms with Gasteiger partial charge < -0.3 is 26.0 Å². The van der Waals surface area contributed by atoms with Crippen LogP contribution >= 0.6 is 0 Å². The van der Waals surface area contributed by atoms with E-state index in [1.165, 1.54) is 30.6 Å². The third-order valence-corrected chi connectivity index (χ3v) is 5.26. The number of nitrogens with one attached hydrogen (secondary N) is 1. The summed E-state index contributed by atoms with van der Waals surface area (Å²) in [6.07, 6.45) is 1.80. The molecule has 180 valence electrons. The number of nitrogen functional groups attached to an aromatic ring is 1. The summed E-state index contributed by atoms with van der Waals surface area (Å²) in [4.78, 5) is 20.8. The fraction of sp³-hybridized carbons (Fsp3) is 0.125. The lowest BCUT2D eigenvalue weighted by Crippen LogP contribution is -2.40. The van der Waals surface area contributed by atoms with Gasteiger partial charge in [0.25, 0.3) is 5.91 Å². The van der Waals surface area contributed by atoms with Crippen molar-refractivity contribution in [2.45, 2.75) is 18.3 Å². The molecule has 0 spiro atoms. The highest BCUT2D eigenvalue weighted by molar-refractivity contribution is 6.07. The third kappa shape index (κ3) is 4.59. The summed E-state index contributed by atoms with van der Waals surface area (Å²) in [5.41, 5.74) is 3.82. The van der Waals surface area contributed by atoms with E-state index >= 15 is 0 Å². The Morgan fingerprint density at radius 2 is 1.89 bits per heavy atom. The molecule has 1 aliphatic rings. The number of rotatable bonds is 5. The van der Waals surface area contributed by atoms with E-state index in [0.29, 0.717) is 0 Å². The normalized spacial score (nSPS) is 19.5. The number of anilines is 2. The van der Waals surface area contributed by atoms with E-state index in [0.717, 1.165) is 24.3 Å². The Labute approximate surface area is 197 Å². The quantitative estimate of drug-likeness (QED) is 0.410. The Morgan fingerprint density at radius 3 is 2.57 bits per heavy atom. The number of hydrogen-bond acceptors (Lipinski definition) is 7. The van der Waals surface area contributed by atoms with Crippen molar-refractivity contribution in [1.29, 1.82) is 0 Å². The minimum absolute atomic E-state index is 0.0966. The molecule has 11 heteroatoms. The molecule has 3 atom stereocenters. The number of halogens is 3. The fourth-order valence-electron chi connectivity index (χ4n) is 3.52. The van der Waals surface area contributed by atoms with Crippen LogP contribution in [0, 0.1) is 17.5 Å². The van der Waals surface area contributed by atoms with E-state index < -0.39 is 58.6 Å². The number of aliphatic hydroxyl groups is 2. The summed E-state index contributed by atoms with van der Waals surface area (Å²) in [5.74, 6) is -4.05. The molecule has 3 aromatic rings. The fourth-order valence-corrected chi connectivity index (χ4v) is 3.52. The van der Waals surface area contributed by atoms with Gasteiger partial charge in [-0.15, -0.1) is 0 Å². The van der Waals surface area contributed by atoms with Crippen molar-refractivity contribution >= 4 is 23.0 Å². The van der Waals surface area contributed by atoms with E-state index in [-0.39, 0.29) is 22.7 Å². The van der Waals surface area contributed by atoms with Gasteiger partial charge in [-0.05, 0) is 30.4 Å². The molecule has 1 aliphatic heterocycles. The van der Waals surface area contributed by atoms with E-state index in [1.807, 2.05) is 0 Å². The van der Waals surface area contributed by atoms with Crippen LogP contribution in [0.1, 0.15) is 16.1 Å². The monoisotopic (exact) mass is 484 g/mol. The molecule has 35 heavy (non-hydrogen) atoms. The molecule has 1 aromatic carbocycles. The van der Waals surface area contributed by atoms with Crippen LogP contribution in [0.25, 0.3) is 17.0 Å². The number of nitrogens with zero attached hydrogens (tertiary/aromatic N) is 2. The Morgan fingerprint density at radius 1 is 1.17 bits per heavy atom. The van der Waals surface area contributed by atoms with Crippen molar-refractivity contribution in [3.05, 3.63) is 90.2 Å². The van der Waals surface area contributed by atoms with Crippen molar-refractivity contribution in [3.8, 4) is 11.3 Å². The minimum Gasteiger partial charge on any atom is -0.483 e. The maximum Gasteiger partial charge on any atom is 0.276 e. The van der Waals surface area contributed by atoms with Crippen molar-refractivity contribution in [3.63, 3.8) is 0 Å². The molecular formula is C24H19F3N4O4. The lowest BCUT2D eigenvalue weighted by atomic mass is 10.0. The molecule has 4 rings (SSSR count). The molecule has 0 unspecified atom stereocenters. The first kappa shape index (κ1) is 23.9. The SMILES string of the molecule is C=C[C@H]1OC(c2ccncc2NC(=O)c2nc(-c3c(F)cccc3F)c(F)cc2N)=C[C@@H](O)[C@@H]1O. The maximum atomic E-state index is 14.5. The van der Waals surface area contributed by atoms with Gasteiger partial charge in [-0.2, -0.15) is 0 Å². The highest BCUT2D eigenvalue weighted by Gasteiger charge is 2.32. The summed E-state index contributed by atoms with van der Waals surface area (Å²) in [6.45, 7) is 3.56. The zero-order valence-electron chi connectivity index (χ0n) is 18.0. The number of amides is 1. The molecule has 0 saturated heterocycles. The summed E-state index contributed by atoms with van der Waals surface area (Å²) in [7, 11) is 0. The molecule has 8 nitrogen and oxygen atoms in total. The Hall–Kier alpha value is -4.22. The average molecular weight is 484 g/mol. The van der Waals surface area contributed by atoms with Gasteiger partial charge in [0.15, 0.2) is 11.5 Å². The average Bonchev–Trinajstić information content (AvgIpc) is 2.82. The molecular weight excluding hydrogens is 465 g/mol. The number of carbonyl (C=O) groups is 1. The summed E-state index contributed by atoms with van der Waals surface area (Å²) < 4.78 is 48.6.